The third-order valence-electron chi connectivity index (χ3n) is 2.11. The van der Waals surface area contributed by atoms with Crippen LogP contribution in [0, 0.1) is 5.82 Å². The van der Waals surface area contributed by atoms with Gasteiger partial charge >= 0.3 is 6.09 Å². The first-order valence-corrected chi connectivity index (χ1v) is 4.77. The second kappa shape index (κ2) is 4.60. The number of halogens is 1. The Labute approximate surface area is 95.7 Å². The highest BCUT2D eigenvalue weighted by Crippen LogP contribution is 2.12. The number of carboxylic acid groups (broad SMARTS) is 1. The van der Waals surface area contributed by atoms with Crippen molar-refractivity contribution in [2.24, 2.45) is 0 Å². The molecule has 0 fully saturated rings. The average molecular weight is 236 g/mol. The minimum absolute atomic E-state index is 0.0833. The molecule has 0 radical (unpaired) electrons. The summed E-state index contributed by atoms with van der Waals surface area (Å²) in [6.07, 6.45) is 4.19. The molecule has 0 aliphatic rings. The molecule has 0 bridgehead atoms. The van der Waals surface area contributed by atoms with E-state index in [2.05, 4.69) is 15.4 Å². The van der Waals surface area contributed by atoms with Crippen LogP contribution in [0.3, 0.4) is 0 Å². The SMILES string of the molecule is O=C(O)NCc1cnccc1-n1cc(F)cn1. The monoisotopic (exact) mass is 236 g/mol. The van der Waals surface area contributed by atoms with Crippen molar-refractivity contribution in [3.63, 3.8) is 0 Å². The van der Waals surface area contributed by atoms with Gasteiger partial charge in [0.2, 0.25) is 0 Å². The number of hydrogen-bond donors (Lipinski definition) is 2. The Morgan fingerprint density at radius 3 is 3.00 bits per heavy atom. The standard InChI is InChI=1S/C10H9FN4O2/c11-8-5-14-15(6-8)9-1-2-12-3-7(9)4-13-10(16)17/h1-3,5-6,13H,4H2,(H,16,17). The number of pyridine rings is 1. The first kappa shape index (κ1) is 11.1. The number of amides is 1. The van der Waals surface area contributed by atoms with Crippen LogP contribution in [-0.4, -0.2) is 26.0 Å². The minimum Gasteiger partial charge on any atom is -0.465 e. The second-order valence-corrected chi connectivity index (χ2v) is 3.27. The summed E-state index contributed by atoms with van der Waals surface area (Å²) >= 11 is 0. The fraction of sp³-hybridized carbons (Fsp3) is 0.100. The van der Waals surface area contributed by atoms with Gasteiger partial charge in [-0.2, -0.15) is 5.10 Å². The molecule has 6 nitrogen and oxygen atoms in total. The third-order valence-corrected chi connectivity index (χ3v) is 2.11. The Morgan fingerprint density at radius 2 is 2.35 bits per heavy atom. The number of nitrogens with one attached hydrogen (secondary N) is 1. The maximum absolute atomic E-state index is 12.8. The molecule has 1 amide bonds. The molecular formula is C10H9FN4O2. The van der Waals surface area contributed by atoms with E-state index in [0.717, 1.165) is 6.20 Å². The number of hydrogen-bond acceptors (Lipinski definition) is 3. The smallest absolute Gasteiger partial charge is 0.404 e. The van der Waals surface area contributed by atoms with Crippen LogP contribution >= 0.6 is 0 Å². The molecular weight excluding hydrogens is 227 g/mol. The van der Waals surface area contributed by atoms with E-state index in [1.807, 2.05) is 0 Å². The zero-order chi connectivity index (χ0) is 12.3. The summed E-state index contributed by atoms with van der Waals surface area (Å²) in [4.78, 5) is 14.3. The van der Waals surface area contributed by atoms with Gasteiger partial charge in [-0.05, 0) is 6.07 Å². The van der Waals surface area contributed by atoms with Gasteiger partial charge in [0, 0.05) is 24.5 Å². The minimum atomic E-state index is -1.13. The molecule has 88 valence electrons. The molecule has 0 saturated carbocycles. The van der Waals surface area contributed by atoms with Gasteiger partial charge in [-0.3, -0.25) is 4.98 Å². The van der Waals surface area contributed by atoms with Gasteiger partial charge in [0.05, 0.1) is 18.1 Å². The highest BCUT2D eigenvalue weighted by Gasteiger charge is 2.07. The molecule has 0 unspecified atom stereocenters. The van der Waals surface area contributed by atoms with Crippen LogP contribution in [0.1, 0.15) is 5.56 Å². The van der Waals surface area contributed by atoms with Crippen LogP contribution < -0.4 is 5.32 Å². The van der Waals surface area contributed by atoms with E-state index in [-0.39, 0.29) is 6.54 Å². The maximum atomic E-state index is 12.8. The lowest BCUT2D eigenvalue weighted by molar-refractivity contribution is 0.194. The Balaban J connectivity index is 2.30. The molecule has 2 N–H and O–H groups in total. The first-order chi connectivity index (χ1) is 8.16. The van der Waals surface area contributed by atoms with Crippen LogP contribution in [-0.2, 0) is 6.54 Å². The summed E-state index contributed by atoms with van der Waals surface area (Å²) in [5.74, 6) is -0.459. The van der Waals surface area contributed by atoms with E-state index < -0.39 is 11.9 Å². The summed E-state index contributed by atoms with van der Waals surface area (Å²) in [5.41, 5.74) is 1.19. The van der Waals surface area contributed by atoms with E-state index in [0.29, 0.717) is 11.3 Å². The zero-order valence-electron chi connectivity index (χ0n) is 8.67. The van der Waals surface area contributed by atoms with E-state index in [9.17, 15) is 9.18 Å². The van der Waals surface area contributed by atoms with Crippen LogP contribution in [0.25, 0.3) is 5.69 Å². The van der Waals surface area contributed by atoms with Gasteiger partial charge in [-0.25, -0.2) is 13.9 Å². The largest absolute Gasteiger partial charge is 0.465 e. The first-order valence-electron chi connectivity index (χ1n) is 4.77. The highest BCUT2D eigenvalue weighted by molar-refractivity contribution is 5.64. The topological polar surface area (TPSA) is 80.0 Å². The van der Waals surface area contributed by atoms with Crippen LogP contribution in [0.5, 0.6) is 0 Å². The van der Waals surface area contributed by atoms with Gasteiger partial charge in [-0.1, -0.05) is 0 Å². The molecule has 2 rings (SSSR count). The zero-order valence-corrected chi connectivity index (χ0v) is 8.67. The number of nitrogens with zero attached hydrogens (tertiary/aromatic N) is 3. The fourth-order valence-corrected chi connectivity index (χ4v) is 1.38. The Morgan fingerprint density at radius 1 is 1.53 bits per heavy atom. The predicted molar refractivity (Wildman–Crippen MR) is 56.2 cm³/mol. The molecule has 17 heavy (non-hydrogen) atoms. The van der Waals surface area contributed by atoms with Crippen molar-refractivity contribution >= 4 is 6.09 Å². The molecule has 0 spiro atoms. The van der Waals surface area contributed by atoms with Crippen molar-refractivity contribution in [2.45, 2.75) is 6.54 Å². The molecule has 7 heteroatoms. The summed E-state index contributed by atoms with van der Waals surface area (Å²) in [7, 11) is 0. The van der Waals surface area contributed by atoms with Crippen LogP contribution in [0.15, 0.2) is 30.9 Å². The van der Waals surface area contributed by atoms with Crippen molar-refractivity contribution in [2.75, 3.05) is 0 Å². The lowest BCUT2D eigenvalue weighted by atomic mass is 10.2. The molecule has 0 atom stereocenters. The molecule has 0 aliphatic carbocycles. The lowest BCUT2D eigenvalue weighted by Crippen LogP contribution is -2.21. The Hall–Kier alpha value is -2.44. The second-order valence-electron chi connectivity index (χ2n) is 3.27. The number of carbonyl (C=O) groups is 1. The van der Waals surface area contributed by atoms with Crippen molar-refractivity contribution < 1.29 is 14.3 Å². The third kappa shape index (κ3) is 2.57. The molecule has 0 saturated heterocycles. The summed E-state index contributed by atoms with van der Waals surface area (Å²) in [6.45, 7) is 0.0833. The van der Waals surface area contributed by atoms with Gasteiger partial charge in [0.1, 0.15) is 0 Å². The van der Waals surface area contributed by atoms with E-state index in [1.165, 1.54) is 23.3 Å². The lowest BCUT2D eigenvalue weighted by Gasteiger charge is -2.08. The number of rotatable bonds is 3. The normalized spacial score (nSPS) is 10.2. The van der Waals surface area contributed by atoms with E-state index in [4.69, 9.17) is 5.11 Å². The van der Waals surface area contributed by atoms with E-state index >= 15 is 0 Å². The number of aromatic nitrogens is 3. The van der Waals surface area contributed by atoms with Crippen molar-refractivity contribution in [1.29, 1.82) is 0 Å². The predicted octanol–water partition coefficient (Wildman–Crippen LogP) is 1.17. The summed E-state index contributed by atoms with van der Waals surface area (Å²) in [6, 6.07) is 1.63. The average Bonchev–Trinajstić information content (AvgIpc) is 2.73. The summed E-state index contributed by atoms with van der Waals surface area (Å²) in [5, 5.41) is 14.6. The van der Waals surface area contributed by atoms with Gasteiger partial charge in [-0.15, -0.1) is 0 Å². The van der Waals surface area contributed by atoms with Crippen molar-refractivity contribution in [1.82, 2.24) is 20.1 Å². The van der Waals surface area contributed by atoms with Gasteiger partial charge < -0.3 is 10.4 Å². The van der Waals surface area contributed by atoms with E-state index in [1.54, 1.807) is 6.07 Å². The molecule has 2 aromatic heterocycles. The molecule has 2 heterocycles. The van der Waals surface area contributed by atoms with Gasteiger partial charge in [0.25, 0.3) is 0 Å². The van der Waals surface area contributed by atoms with Crippen molar-refractivity contribution in [3.8, 4) is 5.69 Å². The van der Waals surface area contributed by atoms with Crippen LogP contribution in [0.2, 0.25) is 0 Å². The summed E-state index contributed by atoms with van der Waals surface area (Å²) < 4.78 is 14.2. The molecule has 2 aromatic rings. The molecule has 0 aromatic carbocycles. The maximum Gasteiger partial charge on any atom is 0.404 e. The van der Waals surface area contributed by atoms with Crippen molar-refractivity contribution in [3.05, 3.63) is 42.2 Å². The molecule has 0 aliphatic heterocycles. The van der Waals surface area contributed by atoms with Crippen LogP contribution in [0.4, 0.5) is 9.18 Å². The Bertz CT molecular complexity index is 541. The highest BCUT2D eigenvalue weighted by atomic mass is 19.1. The fourth-order valence-electron chi connectivity index (χ4n) is 1.38. The van der Waals surface area contributed by atoms with Gasteiger partial charge in [0.15, 0.2) is 5.82 Å². The Kier molecular flexibility index (Phi) is 2.99. The quantitative estimate of drug-likeness (QED) is 0.838.